The third kappa shape index (κ3) is 4.76. The predicted molar refractivity (Wildman–Crippen MR) is 150 cm³/mol. The maximum atomic E-state index is 13.3. The van der Waals surface area contributed by atoms with E-state index in [4.69, 9.17) is 9.84 Å². The lowest BCUT2D eigenvalue weighted by Crippen LogP contribution is -2.40. The molecule has 38 heavy (non-hydrogen) atoms. The quantitative estimate of drug-likeness (QED) is 0.235. The molecule has 1 heterocycles. The molecular weight excluding hydrogens is 472 g/mol. The molecule has 5 aromatic rings. The summed E-state index contributed by atoms with van der Waals surface area (Å²) in [7, 11) is 1.60. The Hall–Kier alpha value is -4.84. The Morgan fingerprint density at radius 3 is 1.92 bits per heavy atom. The lowest BCUT2D eigenvalue weighted by atomic mass is 9.76. The fourth-order valence-corrected chi connectivity index (χ4v) is 4.91. The van der Waals surface area contributed by atoms with E-state index in [2.05, 4.69) is 34.9 Å². The minimum atomic E-state index is -0.895. The van der Waals surface area contributed by atoms with Gasteiger partial charge in [-0.2, -0.15) is 0 Å². The minimum absolute atomic E-state index is 0.160. The number of para-hydroxylation sites is 1. The van der Waals surface area contributed by atoms with Crippen LogP contribution in [0.2, 0.25) is 0 Å². The summed E-state index contributed by atoms with van der Waals surface area (Å²) < 4.78 is 7.37. The van der Waals surface area contributed by atoms with Gasteiger partial charge in [-0.25, -0.2) is 9.48 Å². The Balaban J connectivity index is 1.65. The van der Waals surface area contributed by atoms with Gasteiger partial charge in [0, 0.05) is 23.5 Å². The number of anilines is 1. The van der Waals surface area contributed by atoms with Crippen molar-refractivity contribution < 1.29 is 9.53 Å². The summed E-state index contributed by atoms with van der Waals surface area (Å²) in [6.45, 7) is 1.97. The van der Waals surface area contributed by atoms with E-state index in [0.29, 0.717) is 11.6 Å². The van der Waals surface area contributed by atoms with E-state index in [9.17, 15) is 4.79 Å². The van der Waals surface area contributed by atoms with Crippen molar-refractivity contribution in [3.63, 3.8) is 0 Å². The van der Waals surface area contributed by atoms with E-state index < -0.39 is 5.54 Å². The normalized spacial score (nSPS) is 11.9. The van der Waals surface area contributed by atoms with E-state index in [1.165, 1.54) is 0 Å². The summed E-state index contributed by atoms with van der Waals surface area (Å²) in [5, 5.41) is 11.0. The molecule has 0 unspecified atom stereocenters. The number of methoxy groups -OCH3 is 1. The fourth-order valence-electron chi connectivity index (χ4n) is 4.91. The summed E-state index contributed by atoms with van der Waals surface area (Å²) in [4.78, 5) is 13.3. The van der Waals surface area contributed by atoms with Gasteiger partial charge < -0.3 is 15.4 Å². The SMILES string of the molecule is COc1ccn(C(c2ccccc2)(c2ccccc2)c2ccccc2NC(=O)N[C@H](C)c2ccccc2)n1. The van der Waals surface area contributed by atoms with Crippen molar-refractivity contribution in [2.45, 2.75) is 18.5 Å². The highest BCUT2D eigenvalue weighted by atomic mass is 16.5. The topological polar surface area (TPSA) is 68.2 Å². The summed E-state index contributed by atoms with van der Waals surface area (Å²) >= 11 is 0. The van der Waals surface area contributed by atoms with Crippen LogP contribution in [0.4, 0.5) is 10.5 Å². The maximum absolute atomic E-state index is 13.3. The highest BCUT2D eigenvalue weighted by Crippen LogP contribution is 2.43. The van der Waals surface area contributed by atoms with Crippen LogP contribution in [0.15, 0.2) is 128 Å². The number of rotatable bonds is 8. The Kier molecular flexibility index (Phi) is 7.22. The summed E-state index contributed by atoms with van der Waals surface area (Å²) in [6, 6.07) is 39.5. The van der Waals surface area contributed by atoms with Crippen LogP contribution in [0.5, 0.6) is 5.88 Å². The molecule has 1 atom stereocenters. The zero-order valence-corrected chi connectivity index (χ0v) is 21.4. The smallest absolute Gasteiger partial charge is 0.319 e. The third-order valence-corrected chi connectivity index (χ3v) is 6.71. The molecule has 2 amide bonds. The van der Waals surface area contributed by atoms with Crippen molar-refractivity contribution in [3.05, 3.63) is 150 Å². The van der Waals surface area contributed by atoms with Gasteiger partial charge in [-0.3, -0.25) is 0 Å². The number of amides is 2. The largest absolute Gasteiger partial charge is 0.480 e. The fraction of sp³-hybridized carbons (Fsp3) is 0.125. The van der Waals surface area contributed by atoms with Crippen molar-refractivity contribution in [2.75, 3.05) is 12.4 Å². The molecule has 190 valence electrons. The first-order chi connectivity index (χ1) is 18.6. The number of aromatic nitrogens is 2. The van der Waals surface area contributed by atoms with Crippen LogP contribution in [0, 0.1) is 0 Å². The Morgan fingerprint density at radius 1 is 0.789 bits per heavy atom. The molecule has 0 aliphatic heterocycles. The highest BCUT2D eigenvalue weighted by molar-refractivity contribution is 5.91. The van der Waals surface area contributed by atoms with Crippen LogP contribution in [-0.2, 0) is 5.54 Å². The molecule has 0 bridgehead atoms. The molecule has 0 saturated carbocycles. The second-order valence-corrected chi connectivity index (χ2v) is 9.02. The molecule has 0 saturated heterocycles. The molecule has 0 aliphatic rings. The number of ether oxygens (including phenoxy) is 1. The summed E-state index contributed by atoms with van der Waals surface area (Å²) in [5.74, 6) is 0.501. The van der Waals surface area contributed by atoms with Crippen LogP contribution in [0.3, 0.4) is 0 Å². The lowest BCUT2D eigenvalue weighted by molar-refractivity contribution is 0.249. The van der Waals surface area contributed by atoms with Crippen LogP contribution in [-0.4, -0.2) is 22.9 Å². The molecule has 0 spiro atoms. The van der Waals surface area contributed by atoms with E-state index in [1.807, 2.05) is 115 Å². The average molecular weight is 503 g/mol. The van der Waals surface area contributed by atoms with Crippen LogP contribution in [0.25, 0.3) is 0 Å². The van der Waals surface area contributed by atoms with Gasteiger partial charge in [0.1, 0.15) is 5.54 Å². The van der Waals surface area contributed by atoms with Crippen LogP contribution >= 0.6 is 0 Å². The molecule has 6 heteroatoms. The Bertz CT molecular complexity index is 1440. The summed E-state index contributed by atoms with van der Waals surface area (Å²) in [5.41, 5.74) is 3.66. The molecule has 4 aromatic carbocycles. The molecule has 6 nitrogen and oxygen atoms in total. The van der Waals surface area contributed by atoms with Crippen molar-refractivity contribution in [1.82, 2.24) is 15.1 Å². The zero-order valence-electron chi connectivity index (χ0n) is 21.4. The van der Waals surface area contributed by atoms with Gasteiger partial charge in [-0.15, -0.1) is 5.10 Å². The third-order valence-electron chi connectivity index (χ3n) is 6.71. The van der Waals surface area contributed by atoms with Gasteiger partial charge in [-0.1, -0.05) is 109 Å². The minimum Gasteiger partial charge on any atom is -0.480 e. The number of nitrogens with one attached hydrogen (secondary N) is 2. The summed E-state index contributed by atoms with van der Waals surface area (Å²) in [6.07, 6.45) is 1.91. The number of carbonyl (C=O) groups excluding carboxylic acids is 1. The van der Waals surface area contributed by atoms with Crippen LogP contribution < -0.4 is 15.4 Å². The molecule has 0 radical (unpaired) electrons. The average Bonchev–Trinajstić information content (AvgIpc) is 3.45. The first-order valence-electron chi connectivity index (χ1n) is 12.6. The zero-order chi connectivity index (χ0) is 26.4. The van der Waals surface area contributed by atoms with Gasteiger partial charge >= 0.3 is 6.03 Å². The molecule has 1 aromatic heterocycles. The number of hydrogen-bond donors (Lipinski definition) is 2. The van der Waals surface area contributed by atoms with E-state index in [0.717, 1.165) is 22.3 Å². The standard InChI is InChI=1S/C32H30N4O2/c1-24(25-14-6-3-7-15-25)33-31(37)34-29-21-13-12-20-28(29)32(26-16-8-4-9-17-26,27-18-10-5-11-19-27)36-23-22-30(35-36)38-2/h3-24H,1-2H3,(H2,33,34,37)/t24-/m1/s1. The van der Waals surface area contributed by atoms with Gasteiger partial charge in [0.05, 0.1) is 13.2 Å². The number of benzene rings is 4. The number of hydrogen-bond acceptors (Lipinski definition) is 3. The highest BCUT2D eigenvalue weighted by Gasteiger charge is 2.41. The van der Waals surface area contributed by atoms with Gasteiger partial charge in [0.25, 0.3) is 0 Å². The second kappa shape index (κ2) is 11.0. The number of nitrogens with zero attached hydrogens (tertiary/aromatic N) is 2. The first-order valence-corrected chi connectivity index (χ1v) is 12.6. The van der Waals surface area contributed by atoms with Crippen LogP contribution in [0.1, 0.15) is 35.2 Å². The van der Waals surface area contributed by atoms with Gasteiger partial charge in [-0.05, 0) is 29.7 Å². The Morgan fingerprint density at radius 2 is 1.34 bits per heavy atom. The van der Waals surface area contributed by atoms with Crippen molar-refractivity contribution in [2.24, 2.45) is 0 Å². The predicted octanol–water partition coefficient (Wildman–Crippen LogP) is 6.61. The molecule has 0 fully saturated rings. The monoisotopic (exact) mass is 502 g/mol. The number of carbonyl (C=O) groups is 1. The van der Waals surface area contributed by atoms with Gasteiger partial charge in [0.15, 0.2) is 0 Å². The van der Waals surface area contributed by atoms with E-state index >= 15 is 0 Å². The molecule has 0 aliphatic carbocycles. The second-order valence-electron chi connectivity index (χ2n) is 9.02. The Labute approximate surface area is 222 Å². The van der Waals surface area contributed by atoms with Gasteiger partial charge in [0.2, 0.25) is 5.88 Å². The molecule has 2 N–H and O–H groups in total. The lowest BCUT2D eigenvalue weighted by Gasteiger charge is -2.37. The van der Waals surface area contributed by atoms with E-state index in [1.54, 1.807) is 7.11 Å². The number of urea groups is 1. The van der Waals surface area contributed by atoms with Crippen molar-refractivity contribution in [3.8, 4) is 5.88 Å². The van der Waals surface area contributed by atoms with E-state index in [-0.39, 0.29) is 12.1 Å². The first kappa shape index (κ1) is 24.8. The maximum Gasteiger partial charge on any atom is 0.319 e. The van der Waals surface area contributed by atoms with Crippen molar-refractivity contribution >= 4 is 11.7 Å². The van der Waals surface area contributed by atoms with Crippen molar-refractivity contribution in [1.29, 1.82) is 0 Å². The molecule has 5 rings (SSSR count). The molecular formula is C32H30N4O2.